The molecule has 4 rings (SSSR count). The molecule has 0 aliphatic heterocycles. The van der Waals surface area contributed by atoms with Crippen LogP contribution in [0, 0.1) is 5.82 Å². The Morgan fingerprint density at radius 2 is 1.51 bits per heavy atom. The van der Waals surface area contributed by atoms with Gasteiger partial charge in [0.1, 0.15) is 11.1 Å². The maximum Gasteiger partial charge on any atom is 0.255 e. The van der Waals surface area contributed by atoms with Crippen LogP contribution >= 0.6 is 11.8 Å². The largest absolute Gasteiger partial charge is 0.493 e. The second kappa shape index (κ2) is 12.1. The highest BCUT2D eigenvalue weighted by atomic mass is 32.2. The number of para-hydroxylation sites is 1. The second-order valence-corrected chi connectivity index (χ2v) is 9.11. The van der Waals surface area contributed by atoms with Crippen LogP contribution in [0.4, 0.5) is 15.8 Å². The van der Waals surface area contributed by atoms with Crippen LogP contribution in [-0.4, -0.2) is 26.0 Å². The van der Waals surface area contributed by atoms with Crippen LogP contribution in [0.25, 0.3) is 0 Å². The minimum Gasteiger partial charge on any atom is -0.493 e. The predicted octanol–water partition coefficient (Wildman–Crippen LogP) is 6.57. The first-order valence-corrected chi connectivity index (χ1v) is 12.3. The molecule has 6 nitrogen and oxygen atoms in total. The van der Waals surface area contributed by atoms with E-state index in [-0.39, 0.29) is 17.5 Å². The summed E-state index contributed by atoms with van der Waals surface area (Å²) < 4.78 is 24.7. The van der Waals surface area contributed by atoms with E-state index in [1.54, 1.807) is 48.5 Å². The zero-order valence-corrected chi connectivity index (χ0v) is 21.1. The Morgan fingerprint density at radius 1 is 0.784 bits per heavy atom. The molecule has 1 atom stereocenters. The third-order valence-corrected chi connectivity index (χ3v) is 6.71. The Kier molecular flexibility index (Phi) is 8.43. The maximum absolute atomic E-state index is 14.2. The summed E-state index contributed by atoms with van der Waals surface area (Å²) in [5.74, 6) is -0.210. The summed E-state index contributed by atoms with van der Waals surface area (Å²) in [6.07, 6.45) is 0. The van der Waals surface area contributed by atoms with E-state index < -0.39 is 11.1 Å². The van der Waals surface area contributed by atoms with Crippen molar-refractivity contribution in [3.63, 3.8) is 0 Å². The number of ether oxygens (including phenoxy) is 2. The van der Waals surface area contributed by atoms with Crippen LogP contribution in [0.1, 0.15) is 21.2 Å². The molecule has 1 unspecified atom stereocenters. The molecule has 0 bridgehead atoms. The van der Waals surface area contributed by atoms with Crippen molar-refractivity contribution in [2.75, 3.05) is 24.9 Å². The van der Waals surface area contributed by atoms with Crippen LogP contribution < -0.4 is 20.1 Å². The molecule has 4 aromatic rings. The topological polar surface area (TPSA) is 76.7 Å². The minimum atomic E-state index is -0.655. The van der Waals surface area contributed by atoms with E-state index in [9.17, 15) is 14.0 Å². The molecule has 8 heteroatoms. The monoisotopic (exact) mass is 516 g/mol. The van der Waals surface area contributed by atoms with Gasteiger partial charge in [-0.05, 0) is 54.1 Å². The molecule has 188 valence electrons. The number of carbonyl (C=O) groups excluding carboxylic acids is 2. The number of hydrogen-bond donors (Lipinski definition) is 2. The molecule has 0 spiro atoms. The standard InChI is InChI=1S/C29H25FN2O4S/c1-35-25-16-15-20(17-26(25)36-2)28(33)31-21-11-8-12-22(18-21)37-27(19-9-4-3-5-10-19)29(34)32-24-14-7-6-13-23(24)30/h3-18,27H,1-2H3,(H,31,33)(H,32,34). The molecule has 0 fully saturated rings. The fraction of sp³-hybridized carbons (Fsp3) is 0.103. The van der Waals surface area contributed by atoms with Gasteiger partial charge in [-0.1, -0.05) is 48.5 Å². The number of halogens is 1. The van der Waals surface area contributed by atoms with Crippen LogP contribution in [0.2, 0.25) is 0 Å². The lowest BCUT2D eigenvalue weighted by atomic mass is 10.1. The Labute approximate surface area is 218 Å². The van der Waals surface area contributed by atoms with Gasteiger partial charge in [-0.3, -0.25) is 9.59 Å². The van der Waals surface area contributed by atoms with Gasteiger partial charge in [-0.2, -0.15) is 0 Å². The summed E-state index contributed by atoms with van der Waals surface area (Å²) in [6.45, 7) is 0. The third-order valence-electron chi connectivity index (χ3n) is 5.46. The average molecular weight is 517 g/mol. The molecule has 2 amide bonds. The normalized spacial score (nSPS) is 11.3. The van der Waals surface area contributed by atoms with Gasteiger partial charge in [0.15, 0.2) is 11.5 Å². The first kappa shape index (κ1) is 25.8. The molecule has 0 radical (unpaired) electrons. The van der Waals surface area contributed by atoms with Crippen molar-refractivity contribution in [3.05, 3.63) is 114 Å². The molecule has 0 saturated carbocycles. The Hall–Kier alpha value is -4.30. The lowest BCUT2D eigenvalue weighted by Gasteiger charge is -2.18. The van der Waals surface area contributed by atoms with Gasteiger partial charge in [-0.15, -0.1) is 11.8 Å². The summed E-state index contributed by atoms with van der Waals surface area (Å²) >= 11 is 1.30. The lowest BCUT2D eigenvalue weighted by Crippen LogP contribution is -2.19. The number of amides is 2. The fourth-order valence-corrected chi connectivity index (χ4v) is 4.71. The first-order chi connectivity index (χ1) is 18.0. The van der Waals surface area contributed by atoms with Crippen molar-refractivity contribution in [3.8, 4) is 11.5 Å². The molecule has 0 aromatic heterocycles. The van der Waals surface area contributed by atoms with Crippen LogP contribution in [0.15, 0.2) is 102 Å². The van der Waals surface area contributed by atoms with Crippen molar-refractivity contribution >= 4 is 35.0 Å². The Balaban J connectivity index is 1.54. The van der Waals surface area contributed by atoms with Crippen LogP contribution in [-0.2, 0) is 4.79 Å². The maximum atomic E-state index is 14.2. The summed E-state index contributed by atoms with van der Waals surface area (Å²) in [5.41, 5.74) is 1.85. The first-order valence-electron chi connectivity index (χ1n) is 11.4. The molecular weight excluding hydrogens is 491 g/mol. The van der Waals surface area contributed by atoms with Crippen LogP contribution in [0.3, 0.4) is 0 Å². The van der Waals surface area contributed by atoms with Crippen molar-refractivity contribution < 1.29 is 23.5 Å². The molecule has 37 heavy (non-hydrogen) atoms. The molecule has 0 aliphatic carbocycles. The number of anilines is 2. The van der Waals surface area contributed by atoms with E-state index >= 15 is 0 Å². The highest BCUT2D eigenvalue weighted by Crippen LogP contribution is 2.37. The Bertz CT molecular complexity index is 1400. The number of carbonyl (C=O) groups is 2. The van der Waals surface area contributed by atoms with Crippen molar-refractivity contribution in [2.45, 2.75) is 10.1 Å². The van der Waals surface area contributed by atoms with Crippen molar-refractivity contribution in [1.29, 1.82) is 0 Å². The average Bonchev–Trinajstić information content (AvgIpc) is 2.93. The molecule has 4 aromatic carbocycles. The molecule has 0 aliphatic rings. The summed E-state index contributed by atoms with van der Waals surface area (Å²) in [4.78, 5) is 26.9. The van der Waals surface area contributed by atoms with Gasteiger partial charge >= 0.3 is 0 Å². The van der Waals surface area contributed by atoms with E-state index in [0.717, 1.165) is 10.5 Å². The molecule has 2 N–H and O–H groups in total. The number of benzene rings is 4. The molecular formula is C29H25FN2O4S. The fourth-order valence-electron chi connectivity index (χ4n) is 3.63. The minimum absolute atomic E-state index is 0.116. The van der Waals surface area contributed by atoms with E-state index in [0.29, 0.717) is 22.7 Å². The van der Waals surface area contributed by atoms with Gasteiger partial charge in [0.25, 0.3) is 5.91 Å². The van der Waals surface area contributed by atoms with Gasteiger partial charge in [-0.25, -0.2) is 4.39 Å². The van der Waals surface area contributed by atoms with Gasteiger partial charge in [0.05, 0.1) is 19.9 Å². The van der Waals surface area contributed by atoms with Gasteiger partial charge in [0.2, 0.25) is 5.91 Å². The summed E-state index contributed by atoms with van der Waals surface area (Å²) in [7, 11) is 3.03. The number of hydrogen-bond acceptors (Lipinski definition) is 5. The molecule has 0 heterocycles. The smallest absolute Gasteiger partial charge is 0.255 e. The number of rotatable bonds is 9. The summed E-state index contributed by atoms with van der Waals surface area (Å²) in [5, 5.41) is 4.91. The van der Waals surface area contributed by atoms with Crippen molar-refractivity contribution in [1.82, 2.24) is 0 Å². The SMILES string of the molecule is COc1ccc(C(=O)Nc2cccc(SC(C(=O)Nc3ccccc3F)c3ccccc3)c2)cc1OC. The lowest BCUT2D eigenvalue weighted by molar-refractivity contribution is -0.115. The van der Waals surface area contributed by atoms with E-state index in [1.807, 2.05) is 36.4 Å². The quantitative estimate of drug-likeness (QED) is 0.246. The number of thioether (sulfide) groups is 1. The van der Waals surface area contributed by atoms with Gasteiger partial charge in [0, 0.05) is 16.1 Å². The van der Waals surface area contributed by atoms with E-state index in [4.69, 9.17) is 9.47 Å². The summed E-state index contributed by atoms with van der Waals surface area (Å²) in [6, 6.07) is 27.4. The zero-order chi connectivity index (χ0) is 26.2. The zero-order valence-electron chi connectivity index (χ0n) is 20.2. The van der Waals surface area contributed by atoms with Crippen molar-refractivity contribution in [2.24, 2.45) is 0 Å². The highest BCUT2D eigenvalue weighted by Gasteiger charge is 2.23. The van der Waals surface area contributed by atoms with Gasteiger partial charge < -0.3 is 20.1 Å². The molecule has 0 saturated heterocycles. The Morgan fingerprint density at radius 3 is 2.24 bits per heavy atom. The highest BCUT2D eigenvalue weighted by molar-refractivity contribution is 8.00. The van der Waals surface area contributed by atoms with Crippen LogP contribution in [0.5, 0.6) is 11.5 Å². The van der Waals surface area contributed by atoms with E-state index in [2.05, 4.69) is 10.6 Å². The van der Waals surface area contributed by atoms with E-state index in [1.165, 1.54) is 38.1 Å². The number of nitrogens with one attached hydrogen (secondary N) is 2. The number of methoxy groups -OCH3 is 2. The third kappa shape index (κ3) is 6.48. The predicted molar refractivity (Wildman–Crippen MR) is 144 cm³/mol. The second-order valence-electron chi connectivity index (χ2n) is 7.93.